The second-order valence-electron chi connectivity index (χ2n) is 5.99. The lowest BCUT2D eigenvalue weighted by molar-refractivity contribution is 0.515. The Morgan fingerprint density at radius 3 is 2.44 bits per heavy atom. The van der Waals surface area contributed by atoms with Crippen LogP contribution in [0.5, 0.6) is 0 Å². The molecule has 0 aromatic carbocycles. The maximum atomic E-state index is 12.4. The number of hydrogen-bond donors (Lipinski definition) is 0. The van der Waals surface area contributed by atoms with Gasteiger partial charge in [-0.05, 0) is 0 Å². The van der Waals surface area contributed by atoms with Crippen LogP contribution in [-0.4, -0.2) is 42.6 Å². The second kappa shape index (κ2) is 6.04. The SMILES string of the molecule is CN(C)c1cnn(CCn2cnc3c2c(=O)n(C)c(=O)n3C)c(=O)c1. The normalized spacial score (nSPS) is 11.2. The molecule has 0 aliphatic carbocycles. The lowest BCUT2D eigenvalue weighted by Gasteiger charge is -2.12. The Morgan fingerprint density at radius 1 is 1.08 bits per heavy atom. The van der Waals surface area contributed by atoms with Gasteiger partial charge in [-0.2, -0.15) is 5.10 Å². The fourth-order valence-electron chi connectivity index (χ4n) is 2.61. The molecule has 0 aliphatic heterocycles. The number of imidazole rings is 1. The number of anilines is 1. The van der Waals surface area contributed by atoms with Crippen LogP contribution in [0.25, 0.3) is 11.2 Å². The van der Waals surface area contributed by atoms with Crippen molar-refractivity contribution in [1.29, 1.82) is 0 Å². The fraction of sp³-hybridized carbons (Fsp3) is 0.400. The minimum absolute atomic E-state index is 0.226. The number of aromatic nitrogens is 6. The predicted molar refractivity (Wildman–Crippen MR) is 93.0 cm³/mol. The minimum atomic E-state index is -0.431. The van der Waals surface area contributed by atoms with E-state index in [0.29, 0.717) is 17.7 Å². The van der Waals surface area contributed by atoms with Crippen LogP contribution in [0.3, 0.4) is 0 Å². The topological polar surface area (TPSA) is 99.9 Å². The Balaban J connectivity index is 1.97. The first-order valence-electron chi connectivity index (χ1n) is 7.66. The van der Waals surface area contributed by atoms with Crippen molar-refractivity contribution in [3.63, 3.8) is 0 Å². The molecule has 25 heavy (non-hydrogen) atoms. The first kappa shape index (κ1) is 16.7. The molecule has 0 saturated carbocycles. The van der Waals surface area contributed by atoms with Crippen LogP contribution in [0.2, 0.25) is 0 Å². The van der Waals surface area contributed by atoms with Gasteiger partial charge in [-0.15, -0.1) is 0 Å². The Labute approximate surface area is 142 Å². The van der Waals surface area contributed by atoms with Gasteiger partial charge < -0.3 is 9.47 Å². The molecule has 3 heterocycles. The molecule has 0 aliphatic rings. The van der Waals surface area contributed by atoms with Gasteiger partial charge in [0.2, 0.25) is 0 Å². The zero-order valence-electron chi connectivity index (χ0n) is 14.5. The van der Waals surface area contributed by atoms with Crippen molar-refractivity contribution in [3.8, 4) is 0 Å². The molecule has 0 amide bonds. The quantitative estimate of drug-likeness (QED) is 0.586. The zero-order chi connectivity index (χ0) is 18.3. The molecule has 3 aromatic heterocycles. The molecule has 0 bridgehead atoms. The average molecular weight is 345 g/mol. The summed E-state index contributed by atoms with van der Waals surface area (Å²) >= 11 is 0. The van der Waals surface area contributed by atoms with Crippen LogP contribution in [-0.2, 0) is 27.2 Å². The van der Waals surface area contributed by atoms with E-state index in [1.54, 1.807) is 22.7 Å². The van der Waals surface area contributed by atoms with Crippen LogP contribution < -0.4 is 21.7 Å². The Hall–Kier alpha value is -3.17. The van der Waals surface area contributed by atoms with Crippen LogP contribution in [0, 0.1) is 0 Å². The van der Waals surface area contributed by atoms with E-state index in [0.717, 1.165) is 10.3 Å². The largest absolute Gasteiger partial charge is 0.376 e. The summed E-state index contributed by atoms with van der Waals surface area (Å²) < 4.78 is 5.32. The lowest BCUT2D eigenvalue weighted by atomic mass is 10.4. The summed E-state index contributed by atoms with van der Waals surface area (Å²) in [7, 11) is 6.65. The van der Waals surface area contributed by atoms with Crippen LogP contribution in [0.15, 0.2) is 33.0 Å². The number of aryl methyl sites for hydroxylation is 3. The molecule has 0 spiro atoms. The summed E-state index contributed by atoms with van der Waals surface area (Å²) in [4.78, 5) is 42.4. The third kappa shape index (κ3) is 2.75. The van der Waals surface area contributed by atoms with Crippen molar-refractivity contribution >= 4 is 16.9 Å². The average Bonchev–Trinajstić information content (AvgIpc) is 3.01. The van der Waals surface area contributed by atoms with Crippen LogP contribution in [0.1, 0.15) is 0 Å². The molecule has 10 heteroatoms. The third-order valence-electron chi connectivity index (χ3n) is 4.14. The van der Waals surface area contributed by atoms with Gasteiger partial charge >= 0.3 is 5.69 Å². The van der Waals surface area contributed by atoms with E-state index >= 15 is 0 Å². The van der Waals surface area contributed by atoms with Gasteiger partial charge in [0.25, 0.3) is 11.1 Å². The number of nitrogens with zero attached hydrogens (tertiary/aromatic N) is 7. The highest BCUT2D eigenvalue weighted by atomic mass is 16.2. The summed E-state index contributed by atoms with van der Waals surface area (Å²) in [6.45, 7) is 0.613. The highest BCUT2D eigenvalue weighted by molar-refractivity contribution is 5.69. The molecule has 0 N–H and O–H groups in total. The van der Waals surface area contributed by atoms with E-state index in [9.17, 15) is 14.4 Å². The highest BCUT2D eigenvalue weighted by Crippen LogP contribution is 2.06. The summed E-state index contributed by atoms with van der Waals surface area (Å²) in [6.07, 6.45) is 3.10. The molecule has 0 saturated heterocycles. The second-order valence-corrected chi connectivity index (χ2v) is 5.99. The molecule has 0 unspecified atom stereocenters. The van der Waals surface area contributed by atoms with Gasteiger partial charge in [0.15, 0.2) is 11.2 Å². The number of fused-ring (bicyclic) bond motifs is 1. The summed E-state index contributed by atoms with van der Waals surface area (Å²) in [5.74, 6) is 0. The first-order chi connectivity index (χ1) is 11.8. The first-order valence-corrected chi connectivity index (χ1v) is 7.66. The predicted octanol–water partition coefficient (Wildman–Crippen LogP) is -1.24. The van der Waals surface area contributed by atoms with E-state index < -0.39 is 11.2 Å². The van der Waals surface area contributed by atoms with Crippen molar-refractivity contribution < 1.29 is 0 Å². The fourth-order valence-corrected chi connectivity index (χ4v) is 2.61. The lowest BCUT2D eigenvalue weighted by Crippen LogP contribution is -2.37. The van der Waals surface area contributed by atoms with Gasteiger partial charge in [-0.1, -0.05) is 0 Å². The molecule has 132 valence electrons. The van der Waals surface area contributed by atoms with Crippen molar-refractivity contribution in [2.75, 3.05) is 19.0 Å². The van der Waals surface area contributed by atoms with Gasteiger partial charge in [0.05, 0.1) is 24.8 Å². The van der Waals surface area contributed by atoms with Gasteiger partial charge in [-0.25, -0.2) is 14.5 Å². The van der Waals surface area contributed by atoms with Gasteiger partial charge in [0.1, 0.15) is 0 Å². The smallest absolute Gasteiger partial charge is 0.332 e. The minimum Gasteiger partial charge on any atom is -0.376 e. The molecule has 0 radical (unpaired) electrons. The summed E-state index contributed by atoms with van der Waals surface area (Å²) in [6, 6.07) is 1.50. The van der Waals surface area contributed by atoms with E-state index in [1.807, 2.05) is 14.1 Å². The number of hydrogen-bond acceptors (Lipinski definition) is 6. The molecule has 3 rings (SSSR count). The van der Waals surface area contributed by atoms with E-state index in [1.165, 1.54) is 28.7 Å². The van der Waals surface area contributed by atoms with Crippen molar-refractivity contribution in [3.05, 3.63) is 49.8 Å². The van der Waals surface area contributed by atoms with Crippen molar-refractivity contribution in [2.45, 2.75) is 13.1 Å². The standard InChI is InChI=1S/C15H19N7O3/c1-18(2)10-7-11(23)22(17-8-10)6-5-21-9-16-13-12(21)14(24)20(4)15(25)19(13)3/h7-9H,5-6H2,1-4H3. The van der Waals surface area contributed by atoms with Gasteiger partial charge in [0, 0.05) is 40.8 Å². The molecular formula is C15H19N7O3. The maximum Gasteiger partial charge on any atom is 0.332 e. The number of rotatable bonds is 4. The van der Waals surface area contributed by atoms with E-state index in [2.05, 4.69) is 10.1 Å². The monoisotopic (exact) mass is 345 g/mol. The van der Waals surface area contributed by atoms with E-state index in [4.69, 9.17) is 0 Å². The molecule has 0 fully saturated rings. The third-order valence-corrected chi connectivity index (χ3v) is 4.14. The van der Waals surface area contributed by atoms with E-state index in [-0.39, 0.29) is 12.1 Å². The van der Waals surface area contributed by atoms with Crippen molar-refractivity contribution in [2.24, 2.45) is 14.1 Å². The summed E-state index contributed by atoms with van der Waals surface area (Å²) in [5, 5.41) is 4.14. The summed E-state index contributed by atoms with van der Waals surface area (Å²) in [5.41, 5.74) is 0.284. The van der Waals surface area contributed by atoms with Crippen LogP contribution >= 0.6 is 0 Å². The Bertz CT molecular complexity index is 1120. The maximum absolute atomic E-state index is 12.4. The molecule has 10 nitrogen and oxygen atoms in total. The van der Waals surface area contributed by atoms with Crippen molar-refractivity contribution in [1.82, 2.24) is 28.5 Å². The van der Waals surface area contributed by atoms with Gasteiger partial charge in [-0.3, -0.25) is 18.7 Å². The Morgan fingerprint density at radius 2 is 1.80 bits per heavy atom. The highest BCUT2D eigenvalue weighted by Gasteiger charge is 2.14. The zero-order valence-corrected chi connectivity index (χ0v) is 14.5. The molecular weight excluding hydrogens is 326 g/mol. The molecule has 0 atom stereocenters. The Kier molecular flexibility index (Phi) is 4.03. The van der Waals surface area contributed by atoms with Crippen LogP contribution in [0.4, 0.5) is 5.69 Å². The molecule has 3 aromatic rings.